The fraction of sp³-hybridized carbons (Fsp3) is 0.650. The largest absolute Gasteiger partial charge is 0.342 e. The molecule has 2 heterocycles. The Morgan fingerprint density at radius 3 is 2.76 bits per heavy atom. The molecule has 5 heteroatoms. The van der Waals surface area contributed by atoms with Gasteiger partial charge in [0.2, 0.25) is 5.91 Å². The number of carbonyl (C=O) groups excluding carboxylic acids is 1. The second-order valence-corrected chi connectivity index (χ2v) is 7.53. The van der Waals surface area contributed by atoms with Crippen LogP contribution in [0, 0.1) is 17.7 Å². The molecule has 25 heavy (non-hydrogen) atoms. The maximum absolute atomic E-state index is 13.4. The monoisotopic (exact) mass is 347 g/mol. The summed E-state index contributed by atoms with van der Waals surface area (Å²) in [5.41, 5.74) is 0.987. The van der Waals surface area contributed by atoms with Gasteiger partial charge in [0.1, 0.15) is 5.82 Å². The van der Waals surface area contributed by atoms with Crippen LogP contribution in [0.15, 0.2) is 24.3 Å². The molecule has 0 saturated carbocycles. The van der Waals surface area contributed by atoms with E-state index in [0.29, 0.717) is 11.8 Å². The molecule has 1 amide bonds. The molecule has 2 aliphatic rings. The van der Waals surface area contributed by atoms with Crippen LogP contribution in [0.2, 0.25) is 0 Å². The van der Waals surface area contributed by atoms with Crippen LogP contribution in [-0.4, -0.2) is 55.5 Å². The van der Waals surface area contributed by atoms with E-state index in [4.69, 9.17) is 0 Å². The van der Waals surface area contributed by atoms with Crippen LogP contribution >= 0.6 is 0 Å². The van der Waals surface area contributed by atoms with Crippen LogP contribution in [0.1, 0.15) is 31.2 Å². The number of likely N-dealkylation sites (tertiary alicyclic amines) is 2. The lowest BCUT2D eigenvalue weighted by molar-refractivity contribution is -0.138. The highest BCUT2D eigenvalue weighted by Crippen LogP contribution is 2.24. The Balaban J connectivity index is 1.51. The van der Waals surface area contributed by atoms with Crippen LogP contribution in [0.25, 0.3) is 0 Å². The van der Waals surface area contributed by atoms with E-state index in [0.717, 1.165) is 70.5 Å². The lowest BCUT2D eigenvalue weighted by Gasteiger charge is -2.38. The highest BCUT2D eigenvalue weighted by molar-refractivity contribution is 5.79. The van der Waals surface area contributed by atoms with E-state index in [-0.39, 0.29) is 11.7 Å². The zero-order valence-corrected chi connectivity index (χ0v) is 15.2. The maximum Gasteiger partial charge on any atom is 0.226 e. The van der Waals surface area contributed by atoms with Gasteiger partial charge in [-0.3, -0.25) is 9.69 Å². The van der Waals surface area contributed by atoms with Gasteiger partial charge in [0, 0.05) is 26.2 Å². The predicted octanol–water partition coefficient (Wildman–Crippen LogP) is 2.50. The van der Waals surface area contributed by atoms with Gasteiger partial charge in [-0.05, 0) is 69.4 Å². The number of nitrogens with zero attached hydrogens (tertiary/aromatic N) is 2. The van der Waals surface area contributed by atoms with Crippen molar-refractivity contribution in [1.82, 2.24) is 15.1 Å². The molecule has 0 aromatic heterocycles. The minimum Gasteiger partial charge on any atom is -0.342 e. The molecule has 0 radical (unpaired) electrons. The van der Waals surface area contributed by atoms with Gasteiger partial charge < -0.3 is 10.2 Å². The number of benzene rings is 1. The summed E-state index contributed by atoms with van der Waals surface area (Å²) in [4.78, 5) is 17.3. The van der Waals surface area contributed by atoms with Gasteiger partial charge in [-0.25, -0.2) is 4.39 Å². The number of carbonyl (C=O) groups is 1. The van der Waals surface area contributed by atoms with Gasteiger partial charge in [0.05, 0.1) is 5.92 Å². The number of amides is 1. The van der Waals surface area contributed by atoms with Crippen molar-refractivity contribution in [3.8, 4) is 0 Å². The molecule has 0 spiro atoms. The average Bonchev–Trinajstić information content (AvgIpc) is 2.62. The second kappa shape index (κ2) is 8.77. The molecule has 2 aliphatic heterocycles. The third-order valence-corrected chi connectivity index (χ3v) is 5.57. The second-order valence-electron chi connectivity index (χ2n) is 7.53. The van der Waals surface area contributed by atoms with E-state index in [1.54, 1.807) is 12.1 Å². The van der Waals surface area contributed by atoms with Crippen LogP contribution in [0.5, 0.6) is 0 Å². The van der Waals surface area contributed by atoms with E-state index in [1.807, 2.05) is 13.1 Å². The number of rotatable bonds is 5. The van der Waals surface area contributed by atoms with Crippen LogP contribution in [0.4, 0.5) is 4.39 Å². The smallest absolute Gasteiger partial charge is 0.226 e. The van der Waals surface area contributed by atoms with Crippen LogP contribution in [-0.2, 0) is 11.3 Å². The first kappa shape index (κ1) is 18.3. The molecular formula is C20H30FN3O. The molecule has 1 unspecified atom stereocenters. The molecule has 1 N–H and O–H groups in total. The Morgan fingerprint density at radius 1 is 1.24 bits per heavy atom. The third kappa shape index (κ3) is 5.02. The van der Waals surface area contributed by atoms with Gasteiger partial charge in [-0.2, -0.15) is 0 Å². The van der Waals surface area contributed by atoms with Gasteiger partial charge in [-0.1, -0.05) is 12.1 Å². The summed E-state index contributed by atoms with van der Waals surface area (Å²) in [6.45, 7) is 5.35. The first-order valence-corrected chi connectivity index (χ1v) is 9.56. The van der Waals surface area contributed by atoms with E-state index < -0.39 is 0 Å². The summed E-state index contributed by atoms with van der Waals surface area (Å²) in [6, 6.07) is 6.79. The van der Waals surface area contributed by atoms with Crippen LogP contribution in [0.3, 0.4) is 0 Å². The topological polar surface area (TPSA) is 35.6 Å². The van der Waals surface area contributed by atoms with E-state index >= 15 is 0 Å². The summed E-state index contributed by atoms with van der Waals surface area (Å²) in [5, 5.41) is 3.24. The van der Waals surface area contributed by atoms with Crippen molar-refractivity contribution in [3.63, 3.8) is 0 Å². The number of piperidine rings is 2. The maximum atomic E-state index is 13.4. The molecule has 138 valence electrons. The zero-order valence-electron chi connectivity index (χ0n) is 15.2. The number of nitrogens with one attached hydrogen (secondary N) is 1. The highest BCUT2D eigenvalue weighted by Gasteiger charge is 2.31. The fourth-order valence-corrected chi connectivity index (χ4v) is 4.20. The number of hydrogen-bond donors (Lipinski definition) is 1. The Labute approximate surface area is 150 Å². The van der Waals surface area contributed by atoms with Crippen molar-refractivity contribution >= 4 is 5.91 Å². The van der Waals surface area contributed by atoms with Crippen molar-refractivity contribution in [2.75, 3.05) is 39.8 Å². The summed E-state index contributed by atoms with van der Waals surface area (Å²) >= 11 is 0. The van der Waals surface area contributed by atoms with Gasteiger partial charge in [0.25, 0.3) is 0 Å². The molecular weight excluding hydrogens is 317 g/mol. The van der Waals surface area contributed by atoms with Gasteiger partial charge in [0.15, 0.2) is 0 Å². The molecule has 3 rings (SSSR count). The van der Waals surface area contributed by atoms with Gasteiger partial charge >= 0.3 is 0 Å². The molecule has 0 bridgehead atoms. The van der Waals surface area contributed by atoms with Crippen LogP contribution < -0.4 is 5.32 Å². The highest BCUT2D eigenvalue weighted by atomic mass is 19.1. The van der Waals surface area contributed by atoms with E-state index in [9.17, 15) is 9.18 Å². The normalized spacial score (nSPS) is 23.0. The fourth-order valence-electron chi connectivity index (χ4n) is 4.20. The quantitative estimate of drug-likeness (QED) is 0.889. The lowest BCUT2D eigenvalue weighted by Crippen LogP contribution is -2.47. The summed E-state index contributed by atoms with van der Waals surface area (Å²) < 4.78 is 13.4. The van der Waals surface area contributed by atoms with Crippen molar-refractivity contribution in [2.45, 2.75) is 32.2 Å². The lowest BCUT2D eigenvalue weighted by atomic mass is 9.92. The Hall–Kier alpha value is -1.46. The van der Waals surface area contributed by atoms with E-state index in [1.165, 1.54) is 6.07 Å². The summed E-state index contributed by atoms with van der Waals surface area (Å²) in [5.74, 6) is 0.937. The molecule has 2 fully saturated rings. The SMILES string of the molecule is CNCC1CCN(C(=O)C2CCCN(Cc3cccc(F)c3)C2)CC1. The molecule has 4 nitrogen and oxygen atoms in total. The number of halogens is 1. The first-order chi connectivity index (χ1) is 12.2. The standard InChI is InChI=1S/C20H30FN3O/c1-22-13-16-7-10-24(11-8-16)20(25)18-5-3-9-23(15-18)14-17-4-2-6-19(21)12-17/h2,4,6,12,16,18,22H,3,5,7-11,13-15H2,1H3. The Bertz CT molecular complexity index is 572. The Kier molecular flexibility index (Phi) is 6.43. The third-order valence-electron chi connectivity index (χ3n) is 5.57. The summed E-state index contributed by atoms with van der Waals surface area (Å²) in [6.07, 6.45) is 4.23. The molecule has 0 aliphatic carbocycles. The molecule has 1 aromatic rings. The molecule has 2 saturated heterocycles. The van der Waals surface area contributed by atoms with E-state index in [2.05, 4.69) is 15.1 Å². The number of hydrogen-bond acceptors (Lipinski definition) is 3. The predicted molar refractivity (Wildman–Crippen MR) is 97.6 cm³/mol. The van der Waals surface area contributed by atoms with Crippen molar-refractivity contribution in [3.05, 3.63) is 35.6 Å². The first-order valence-electron chi connectivity index (χ1n) is 9.56. The minimum absolute atomic E-state index is 0.100. The minimum atomic E-state index is -0.188. The molecule has 1 aromatic carbocycles. The average molecular weight is 347 g/mol. The van der Waals surface area contributed by atoms with Gasteiger partial charge in [-0.15, -0.1) is 0 Å². The summed E-state index contributed by atoms with van der Waals surface area (Å²) in [7, 11) is 1.99. The van der Waals surface area contributed by atoms with Crippen molar-refractivity contribution in [2.24, 2.45) is 11.8 Å². The Morgan fingerprint density at radius 2 is 2.04 bits per heavy atom. The van der Waals surface area contributed by atoms with Crippen molar-refractivity contribution in [1.29, 1.82) is 0 Å². The van der Waals surface area contributed by atoms with Crippen molar-refractivity contribution < 1.29 is 9.18 Å². The molecule has 1 atom stereocenters. The zero-order chi connectivity index (χ0) is 17.6.